The molecular formula is C22H21N3. The second-order valence-electron chi connectivity index (χ2n) is 6.96. The lowest BCUT2D eigenvalue weighted by Gasteiger charge is -2.14. The summed E-state index contributed by atoms with van der Waals surface area (Å²) in [7, 11) is 0. The molecule has 3 nitrogen and oxygen atoms in total. The second-order valence-corrected chi connectivity index (χ2v) is 6.96. The van der Waals surface area contributed by atoms with Crippen LogP contribution in [-0.4, -0.2) is 14.8 Å². The molecule has 0 aliphatic heterocycles. The summed E-state index contributed by atoms with van der Waals surface area (Å²) in [6.45, 7) is 0. The molecular weight excluding hydrogens is 306 g/mol. The number of rotatable bonds is 3. The zero-order valence-corrected chi connectivity index (χ0v) is 14.2. The third-order valence-corrected chi connectivity index (χ3v) is 5.41. The average molecular weight is 327 g/mol. The summed E-state index contributed by atoms with van der Waals surface area (Å²) in [6, 6.07) is 20.3. The topological polar surface area (TPSA) is 33.6 Å². The molecule has 2 aromatic heterocycles. The van der Waals surface area contributed by atoms with Crippen molar-refractivity contribution in [3.8, 4) is 22.4 Å². The van der Waals surface area contributed by atoms with Crippen molar-refractivity contribution < 1.29 is 0 Å². The number of H-pyrrole nitrogens is 1. The van der Waals surface area contributed by atoms with Crippen molar-refractivity contribution in [2.75, 3.05) is 0 Å². The van der Waals surface area contributed by atoms with Crippen molar-refractivity contribution in [3.05, 3.63) is 67.0 Å². The molecule has 0 spiro atoms. The van der Waals surface area contributed by atoms with Crippen molar-refractivity contribution in [3.63, 3.8) is 0 Å². The summed E-state index contributed by atoms with van der Waals surface area (Å²) in [5.74, 6) is 0. The molecule has 1 aliphatic carbocycles. The largest absolute Gasteiger partial charge is 0.361 e. The SMILES string of the molecule is c1cc(-c2ccc(-c3ccc4cc[nH]c4c3)cc2)n(C2CCCC2)n1. The molecule has 3 heteroatoms. The summed E-state index contributed by atoms with van der Waals surface area (Å²) >= 11 is 0. The van der Waals surface area contributed by atoms with Crippen LogP contribution < -0.4 is 0 Å². The Bertz CT molecular complexity index is 1000. The van der Waals surface area contributed by atoms with Crippen LogP contribution in [0.4, 0.5) is 0 Å². The number of nitrogens with one attached hydrogen (secondary N) is 1. The highest BCUT2D eigenvalue weighted by Crippen LogP contribution is 2.33. The molecule has 1 aliphatic rings. The second kappa shape index (κ2) is 5.92. The fourth-order valence-corrected chi connectivity index (χ4v) is 4.04. The highest BCUT2D eigenvalue weighted by Gasteiger charge is 2.20. The van der Waals surface area contributed by atoms with E-state index in [0.29, 0.717) is 6.04 Å². The number of benzene rings is 2. The Balaban J connectivity index is 1.48. The van der Waals surface area contributed by atoms with Gasteiger partial charge in [-0.1, -0.05) is 49.2 Å². The van der Waals surface area contributed by atoms with Crippen LogP contribution in [0.25, 0.3) is 33.3 Å². The van der Waals surface area contributed by atoms with Gasteiger partial charge in [-0.15, -0.1) is 0 Å². The Kier molecular flexibility index (Phi) is 3.44. The number of aromatic nitrogens is 3. The van der Waals surface area contributed by atoms with E-state index in [-0.39, 0.29) is 0 Å². The van der Waals surface area contributed by atoms with Crippen LogP contribution in [0.2, 0.25) is 0 Å². The van der Waals surface area contributed by atoms with Crippen molar-refractivity contribution in [1.29, 1.82) is 0 Å². The van der Waals surface area contributed by atoms with Crippen molar-refractivity contribution in [1.82, 2.24) is 14.8 Å². The molecule has 0 saturated heterocycles. The Hall–Kier alpha value is -2.81. The first-order valence-electron chi connectivity index (χ1n) is 9.10. The van der Waals surface area contributed by atoms with Gasteiger partial charge < -0.3 is 4.98 Å². The maximum atomic E-state index is 4.60. The first kappa shape index (κ1) is 14.5. The molecule has 0 unspecified atom stereocenters. The molecule has 2 aromatic carbocycles. The third kappa shape index (κ3) is 2.56. The van der Waals surface area contributed by atoms with E-state index in [0.717, 1.165) is 0 Å². The van der Waals surface area contributed by atoms with Gasteiger partial charge in [0.05, 0.1) is 11.7 Å². The fraction of sp³-hybridized carbons (Fsp3) is 0.227. The average Bonchev–Trinajstić information content (AvgIpc) is 3.41. The van der Waals surface area contributed by atoms with Gasteiger partial charge >= 0.3 is 0 Å². The van der Waals surface area contributed by atoms with Gasteiger partial charge in [0.2, 0.25) is 0 Å². The summed E-state index contributed by atoms with van der Waals surface area (Å²) in [5.41, 5.74) is 6.14. The summed E-state index contributed by atoms with van der Waals surface area (Å²) in [6.07, 6.45) is 9.07. The van der Waals surface area contributed by atoms with Crippen LogP contribution >= 0.6 is 0 Å². The predicted octanol–water partition coefficient (Wildman–Crippen LogP) is 5.81. The van der Waals surface area contributed by atoms with E-state index in [9.17, 15) is 0 Å². The Morgan fingerprint density at radius 2 is 1.60 bits per heavy atom. The highest BCUT2D eigenvalue weighted by atomic mass is 15.3. The molecule has 4 aromatic rings. The quantitative estimate of drug-likeness (QED) is 0.506. The van der Waals surface area contributed by atoms with E-state index in [1.54, 1.807) is 0 Å². The first-order chi connectivity index (χ1) is 12.4. The van der Waals surface area contributed by atoms with Crippen LogP contribution in [0, 0.1) is 0 Å². The minimum atomic E-state index is 0.569. The highest BCUT2D eigenvalue weighted by molar-refractivity contribution is 5.85. The number of hydrogen-bond donors (Lipinski definition) is 1. The molecule has 5 rings (SSSR count). The first-order valence-corrected chi connectivity index (χ1v) is 9.10. The minimum absolute atomic E-state index is 0.569. The number of hydrogen-bond acceptors (Lipinski definition) is 1. The molecule has 0 bridgehead atoms. The van der Waals surface area contributed by atoms with E-state index in [4.69, 9.17) is 0 Å². The third-order valence-electron chi connectivity index (χ3n) is 5.41. The van der Waals surface area contributed by atoms with Crippen LogP contribution in [0.5, 0.6) is 0 Å². The zero-order chi connectivity index (χ0) is 16.6. The normalized spacial score (nSPS) is 15.2. The van der Waals surface area contributed by atoms with Gasteiger partial charge in [0.25, 0.3) is 0 Å². The molecule has 0 atom stereocenters. The minimum Gasteiger partial charge on any atom is -0.361 e. The summed E-state index contributed by atoms with van der Waals surface area (Å²) in [5, 5.41) is 5.85. The van der Waals surface area contributed by atoms with Crippen LogP contribution in [0.1, 0.15) is 31.7 Å². The lowest BCUT2D eigenvalue weighted by molar-refractivity contribution is 0.472. The smallest absolute Gasteiger partial charge is 0.0685 e. The Labute approximate surface area is 147 Å². The predicted molar refractivity (Wildman–Crippen MR) is 102 cm³/mol. The van der Waals surface area contributed by atoms with Gasteiger partial charge in [-0.2, -0.15) is 5.10 Å². The molecule has 25 heavy (non-hydrogen) atoms. The van der Waals surface area contributed by atoms with Crippen LogP contribution in [0.15, 0.2) is 67.0 Å². The van der Waals surface area contributed by atoms with Gasteiger partial charge in [0.15, 0.2) is 0 Å². The van der Waals surface area contributed by atoms with Crippen molar-refractivity contribution >= 4 is 10.9 Å². The number of nitrogens with zero attached hydrogens (tertiary/aromatic N) is 2. The standard InChI is InChI=1S/C22H21N3/c1-2-4-20(3-1)25-22(12-14-24-25)18-8-5-16(6-9-18)19-10-7-17-11-13-23-21(17)15-19/h5-15,20,23H,1-4H2. The zero-order valence-electron chi connectivity index (χ0n) is 14.2. The van der Waals surface area contributed by atoms with E-state index in [1.165, 1.54) is 59.0 Å². The van der Waals surface area contributed by atoms with Crippen LogP contribution in [0.3, 0.4) is 0 Å². The molecule has 2 heterocycles. The molecule has 1 saturated carbocycles. The monoisotopic (exact) mass is 327 g/mol. The molecule has 0 radical (unpaired) electrons. The number of fused-ring (bicyclic) bond motifs is 1. The van der Waals surface area contributed by atoms with E-state index in [2.05, 4.69) is 69.4 Å². The summed E-state index contributed by atoms with van der Waals surface area (Å²) in [4.78, 5) is 3.29. The molecule has 0 amide bonds. The van der Waals surface area contributed by atoms with Gasteiger partial charge in [0, 0.05) is 17.9 Å². The molecule has 124 valence electrons. The molecule has 1 fully saturated rings. The Morgan fingerprint density at radius 1 is 0.840 bits per heavy atom. The van der Waals surface area contributed by atoms with Gasteiger partial charge in [-0.05, 0) is 53.1 Å². The molecule has 1 N–H and O–H groups in total. The maximum absolute atomic E-state index is 4.60. The van der Waals surface area contributed by atoms with E-state index < -0.39 is 0 Å². The lowest BCUT2D eigenvalue weighted by Crippen LogP contribution is -2.07. The van der Waals surface area contributed by atoms with Gasteiger partial charge in [-0.25, -0.2) is 0 Å². The van der Waals surface area contributed by atoms with Gasteiger partial charge in [0.1, 0.15) is 0 Å². The maximum Gasteiger partial charge on any atom is 0.0685 e. The Morgan fingerprint density at radius 3 is 2.44 bits per heavy atom. The lowest BCUT2D eigenvalue weighted by atomic mass is 10.0. The van der Waals surface area contributed by atoms with Gasteiger partial charge in [-0.3, -0.25) is 4.68 Å². The van der Waals surface area contributed by atoms with Crippen LogP contribution in [-0.2, 0) is 0 Å². The van der Waals surface area contributed by atoms with Crippen molar-refractivity contribution in [2.45, 2.75) is 31.7 Å². The fourth-order valence-electron chi connectivity index (χ4n) is 4.04. The van der Waals surface area contributed by atoms with Crippen molar-refractivity contribution in [2.24, 2.45) is 0 Å². The van der Waals surface area contributed by atoms with E-state index >= 15 is 0 Å². The summed E-state index contributed by atoms with van der Waals surface area (Å²) < 4.78 is 2.23. The number of aromatic amines is 1. The van der Waals surface area contributed by atoms with E-state index in [1.807, 2.05) is 12.4 Å².